The molecule has 13 heavy (non-hydrogen) atoms. The van der Waals surface area contributed by atoms with E-state index in [1.54, 1.807) is 0 Å². The lowest BCUT2D eigenvalue weighted by Gasteiger charge is -2.10. The highest BCUT2D eigenvalue weighted by molar-refractivity contribution is 8.12. The third kappa shape index (κ3) is 3.60. The van der Waals surface area contributed by atoms with Crippen LogP contribution in [0.2, 0.25) is 0 Å². The molecule has 0 rings (SSSR count). The van der Waals surface area contributed by atoms with Gasteiger partial charge in [0.2, 0.25) is 0 Å². The van der Waals surface area contributed by atoms with Gasteiger partial charge in [0, 0.05) is 17.7 Å². The maximum atomic E-state index is 10.9. The topological polar surface area (TPSA) is 80.8 Å². The molecule has 0 unspecified atom stereocenters. The van der Waals surface area contributed by atoms with Gasteiger partial charge in [0.1, 0.15) is 0 Å². The van der Waals surface area contributed by atoms with Crippen LogP contribution in [-0.2, 0) is 23.6 Å². The van der Waals surface area contributed by atoms with Crippen LogP contribution in [0.15, 0.2) is 0 Å². The molecule has 0 radical (unpaired) electrons. The van der Waals surface area contributed by atoms with Crippen LogP contribution in [0.3, 0.4) is 0 Å². The number of rotatable bonds is 2. The van der Waals surface area contributed by atoms with Crippen LogP contribution in [0.1, 0.15) is 6.92 Å². The summed E-state index contributed by atoms with van der Waals surface area (Å²) in [4.78, 5) is 21.6. The Balaban J connectivity index is 4.54. The molecule has 0 atom stereocenters. The van der Waals surface area contributed by atoms with E-state index in [0.29, 0.717) is 0 Å². The van der Waals surface area contributed by atoms with Crippen molar-refractivity contribution in [3.63, 3.8) is 0 Å². The molecule has 0 aromatic carbocycles. The molecule has 0 aromatic heterocycles. The summed E-state index contributed by atoms with van der Waals surface area (Å²) in [5.41, 5.74) is 0. The molecule has 0 fully saturated rings. The van der Waals surface area contributed by atoms with Crippen molar-refractivity contribution in [1.29, 1.82) is 0 Å². The molecule has 0 aliphatic rings. The number of amides is 1. The van der Waals surface area contributed by atoms with Gasteiger partial charge < -0.3 is 4.74 Å². The number of likely N-dealkylation sites (N-methyl/N-ethyl adjacent to an activating group) is 1. The molecule has 0 aromatic rings. The van der Waals surface area contributed by atoms with Crippen LogP contribution in [0.25, 0.3) is 0 Å². The molecule has 1 amide bonds. The Morgan fingerprint density at radius 3 is 2.23 bits per heavy atom. The Bertz CT molecular complexity index is 311. The Labute approximate surface area is 80.0 Å². The second kappa shape index (κ2) is 4.43. The van der Waals surface area contributed by atoms with Gasteiger partial charge in [-0.2, -0.15) is 8.42 Å². The minimum atomic E-state index is -4.21. The highest BCUT2D eigenvalue weighted by atomic mass is 35.7. The van der Waals surface area contributed by atoms with Crippen LogP contribution in [0.5, 0.6) is 0 Å². The number of carbonyl (C=O) groups excluding carboxylic acids is 2. The Morgan fingerprint density at radius 1 is 1.46 bits per heavy atom. The fraction of sp³-hybridized carbons (Fsp3) is 0.600. The summed E-state index contributed by atoms with van der Waals surface area (Å²) in [6.07, 6.45) is 0. The first-order valence-electron chi connectivity index (χ1n) is 3.20. The van der Waals surface area contributed by atoms with E-state index in [9.17, 15) is 18.0 Å². The lowest BCUT2D eigenvalue weighted by atomic mass is 10.6. The summed E-state index contributed by atoms with van der Waals surface area (Å²) < 4.78 is 25.5. The standard InChI is InChI=1S/C5H8ClNO5S/c1-3-12-5(9)4(8)7(2)13(6,10)11/h3H2,1-2H3. The van der Waals surface area contributed by atoms with Gasteiger partial charge in [-0.25, -0.2) is 9.10 Å². The zero-order valence-corrected chi connectivity index (χ0v) is 8.55. The highest BCUT2D eigenvalue weighted by Crippen LogP contribution is 2.03. The molecule has 0 saturated heterocycles. The minimum absolute atomic E-state index is 0.0131. The van der Waals surface area contributed by atoms with Crippen molar-refractivity contribution in [3.05, 3.63) is 0 Å². The van der Waals surface area contributed by atoms with Crippen molar-refractivity contribution in [2.24, 2.45) is 0 Å². The van der Waals surface area contributed by atoms with Gasteiger partial charge in [0.15, 0.2) is 0 Å². The van der Waals surface area contributed by atoms with E-state index in [2.05, 4.69) is 4.74 Å². The lowest BCUT2D eigenvalue weighted by Crippen LogP contribution is -2.36. The zero-order chi connectivity index (χ0) is 10.6. The average Bonchev–Trinajstić information content (AvgIpc) is 2.00. The fourth-order valence-electron chi connectivity index (χ4n) is 0.420. The predicted octanol–water partition coefficient (Wildman–Crippen LogP) is -0.508. The van der Waals surface area contributed by atoms with Gasteiger partial charge >= 0.3 is 21.1 Å². The number of esters is 1. The summed E-state index contributed by atoms with van der Waals surface area (Å²) in [5.74, 6) is -2.58. The molecule has 8 heteroatoms. The van der Waals surface area contributed by atoms with Crippen LogP contribution in [0.4, 0.5) is 0 Å². The maximum Gasteiger partial charge on any atom is 0.398 e. The largest absolute Gasteiger partial charge is 0.459 e. The zero-order valence-electron chi connectivity index (χ0n) is 6.98. The Hall–Kier alpha value is -0.820. The highest BCUT2D eigenvalue weighted by Gasteiger charge is 2.27. The van der Waals surface area contributed by atoms with Crippen LogP contribution in [-0.4, -0.2) is 38.3 Å². The van der Waals surface area contributed by atoms with Gasteiger partial charge in [-0.1, -0.05) is 0 Å². The third-order valence-corrected chi connectivity index (χ3v) is 2.50. The summed E-state index contributed by atoms with van der Waals surface area (Å²) in [7, 11) is 1.44. The van der Waals surface area contributed by atoms with Crippen molar-refractivity contribution in [2.75, 3.05) is 13.7 Å². The Kier molecular flexibility index (Phi) is 4.15. The molecular formula is C5H8ClNO5S. The van der Waals surface area contributed by atoms with Gasteiger partial charge in [0.25, 0.3) is 0 Å². The molecular weight excluding hydrogens is 222 g/mol. The van der Waals surface area contributed by atoms with Crippen molar-refractivity contribution in [2.45, 2.75) is 6.92 Å². The SMILES string of the molecule is CCOC(=O)C(=O)N(C)S(=O)(=O)Cl. The average molecular weight is 230 g/mol. The second-order valence-electron chi connectivity index (χ2n) is 1.94. The normalized spacial score (nSPS) is 10.7. The molecule has 0 spiro atoms. The molecule has 0 N–H and O–H groups in total. The number of nitrogens with zero attached hydrogens (tertiary/aromatic N) is 1. The molecule has 0 aliphatic carbocycles. The quantitative estimate of drug-likeness (QED) is 0.362. The summed E-state index contributed by atoms with van der Waals surface area (Å²) in [6.45, 7) is 1.47. The van der Waals surface area contributed by atoms with E-state index in [-0.39, 0.29) is 10.9 Å². The summed E-state index contributed by atoms with van der Waals surface area (Å²) in [6, 6.07) is 0. The lowest BCUT2D eigenvalue weighted by molar-refractivity contribution is -0.156. The minimum Gasteiger partial charge on any atom is -0.459 e. The number of hydrogen-bond acceptors (Lipinski definition) is 5. The van der Waals surface area contributed by atoms with E-state index < -0.39 is 21.1 Å². The maximum absolute atomic E-state index is 10.9. The van der Waals surface area contributed by atoms with Gasteiger partial charge in [-0.05, 0) is 6.92 Å². The first-order chi connectivity index (χ1) is 5.80. The monoisotopic (exact) mass is 229 g/mol. The number of carbonyl (C=O) groups is 2. The number of halogens is 1. The van der Waals surface area contributed by atoms with E-state index in [4.69, 9.17) is 10.7 Å². The van der Waals surface area contributed by atoms with E-state index in [1.165, 1.54) is 6.92 Å². The van der Waals surface area contributed by atoms with Gasteiger partial charge in [0.05, 0.1) is 6.61 Å². The molecule has 6 nitrogen and oxygen atoms in total. The van der Waals surface area contributed by atoms with Crippen molar-refractivity contribution < 1.29 is 22.7 Å². The van der Waals surface area contributed by atoms with Crippen LogP contribution in [0, 0.1) is 0 Å². The van der Waals surface area contributed by atoms with E-state index in [1.807, 2.05) is 0 Å². The van der Waals surface area contributed by atoms with Gasteiger partial charge in [-0.3, -0.25) is 4.79 Å². The second-order valence-corrected chi connectivity index (χ2v) is 4.48. The molecule has 0 aliphatic heterocycles. The number of hydrogen-bond donors (Lipinski definition) is 0. The van der Waals surface area contributed by atoms with Crippen LogP contribution >= 0.6 is 10.7 Å². The van der Waals surface area contributed by atoms with Crippen molar-refractivity contribution >= 4 is 31.8 Å². The predicted molar refractivity (Wildman–Crippen MR) is 44.2 cm³/mol. The first-order valence-corrected chi connectivity index (χ1v) is 5.47. The van der Waals surface area contributed by atoms with E-state index >= 15 is 0 Å². The fourth-order valence-corrected chi connectivity index (χ4v) is 0.881. The first kappa shape index (κ1) is 12.2. The number of ether oxygens (including phenoxy) is 1. The van der Waals surface area contributed by atoms with Crippen LogP contribution < -0.4 is 0 Å². The van der Waals surface area contributed by atoms with Crippen molar-refractivity contribution in [1.82, 2.24) is 4.31 Å². The van der Waals surface area contributed by atoms with E-state index in [0.717, 1.165) is 7.05 Å². The smallest absolute Gasteiger partial charge is 0.398 e. The molecule has 0 saturated carbocycles. The molecule has 0 heterocycles. The summed E-state index contributed by atoms with van der Waals surface area (Å²) >= 11 is 0. The van der Waals surface area contributed by atoms with Gasteiger partial charge in [-0.15, -0.1) is 0 Å². The third-order valence-electron chi connectivity index (χ3n) is 1.06. The Morgan fingerprint density at radius 2 is 1.92 bits per heavy atom. The molecule has 76 valence electrons. The van der Waals surface area contributed by atoms with Crippen molar-refractivity contribution in [3.8, 4) is 0 Å². The summed E-state index contributed by atoms with van der Waals surface area (Å²) in [5, 5.41) is 0. The molecule has 0 bridgehead atoms.